The minimum absolute atomic E-state index is 0.00246. The highest BCUT2D eigenvalue weighted by Crippen LogP contribution is 2.35. The summed E-state index contributed by atoms with van der Waals surface area (Å²) in [6.45, 7) is 1.73. The van der Waals surface area contributed by atoms with Crippen molar-refractivity contribution in [3.05, 3.63) is 51.2 Å². The van der Waals surface area contributed by atoms with E-state index in [0.29, 0.717) is 17.7 Å². The molecular weight excluding hydrogens is 270 g/mol. The second-order valence-electron chi connectivity index (χ2n) is 3.84. The lowest BCUT2D eigenvalue weighted by Gasteiger charge is -2.01. The molecule has 0 saturated carbocycles. The van der Waals surface area contributed by atoms with Crippen LogP contribution in [0.2, 0.25) is 5.02 Å². The molecule has 0 amide bonds. The summed E-state index contributed by atoms with van der Waals surface area (Å²) in [6.07, 6.45) is 0.329. The van der Waals surface area contributed by atoms with Crippen LogP contribution < -0.4 is 0 Å². The highest BCUT2D eigenvalue weighted by atomic mass is 35.5. The summed E-state index contributed by atoms with van der Waals surface area (Å²) in [5.41, 5.74) is 0.199. The summed E-state index contributed by atoms with van der Waals surface area (Å²) >= 11 is 5.97. The quantitative estimate of drug-likeness (QED) is 0.480. The number of ketones is 1. The van der Waals surface area contributed by atoms with Crippen molar-refractivity contribution in [1.29, 1.82) is 0 Å². The SMILES string of the molecule is CCC(=O)c1ccc(-c2cccc([N+](=O)[O-])c2Cl)o1. The highest BCUT2D eigenvalue weighted by Gasteiger charge is 2.19. The molecule has 0 aliphatic rings. The topological polar surface area (TPSA) is 73.3 Å². The third kappa shape index (κ3) is 2.51. The van der Waals surface area contributed by atoms with Gasteiger partial charge in [0.15, 0.2) is 11.5 Å². The Morgan fingerprint density at radius 2 is 2.11 bits per heavy atom. The van der Waals surface area contributed by atoms with Gasteiger partial charge in [0.05, 0.1) is 4.92 Å². The Hall–Kier alpha value is -2.14. The molecule has 0 radical (unpaired) electrons. The van der Waals surface area contributed by atoms with E-state index >= 15 is 0 Å². The van der Waals surface area contributed by atoms with Crippen LogP contribution in [-0.2, 0) is 0 Å². The number of nitro benzene ring substituents is 1. The molecule has 0 fully saturated rings. The molecule has 6 heteroatoms. The van der Waals surface area contributed by atoms with Crippen molar-refractivity contribution in [2.75, 3.05) is 0 Å². The number of Topliss-reactive ketones (excluding diaryl/α,β-unsaturated/α-hetero) is 1. The van der Waals surface area contributed by atoms with E-state index in [9.17, 15) is 14.9 Å². The standard InChI is InChI=1S/C13H10ClNO4/c1-2-10(16)12-7-6-11(19-12)8-4-3-5-9(13(8)14)15(17)18/h3-7H,2H2,1H3. The molecule has 0 aliphatic heterocycles. The molecule has 0 N–H and O–H groups in total. The molecule has 1 heterocycles. The van der Waals surface area contributed by atoms with Crippen LogP contribution in [0.15, 0.2) is 34.7 Å². The molecule has 1 aromatic carbocycles. The first-order valence-corrected chi connectivity index (χ1v) is 5.98. The predicted molar refractivity (Wildman–Crippen MR) is 70.4 cm³/mol. The zero-order chi connectivity index (χ0) is 14.0. The summed E-state index contributed by atoms with van der Waals surface area (Å²) in [4.78, 5) is 21.7. The van der Waals surface area contributed by atoms with E-state index in [1.807, 2.05) is 0 Å². The van der Waals surface area contributed by atoms with E-state index in [-0.39, 0.29) is 22.3 Å². The Kier molecular flexibility index (Phi) is 3.66. The van der Waals surface area contributed by atoms with Gasteiger partial charge in [-0.3, -0.25) is 14.9 Å². The van der Waals surface area contributed by atoms with Gasteiger partial charge >= 0.3 is 0 Å². The van der Waals surface area contributed by atoms with Crippen molar-refractivity contribution in [2.45, 2.75) is 13.3 Å². The average Bonchev–Trinajstić information content (AvgIpc) is 2.87. The summed E-state index contributed by atoms with van der Waals surface area (Å²) in [6, 6.07) is 7.55. The maximum atomic E-state index is 11.5. The molecule has 19 heavy (non-hydrogen) atoms. The van der Waals surface area contributed by atoms with Crippen molar-refractivity contribution in [2.24, 2.45) is 0 Å². The van der Waals surface area contributed by atoms with Gasteiger partial charge in [-0.15, -0.1) is 0 Å². The molecule has 1 aromatic heterocycles. The van der Waals surface area contributed by atoms with Crippen LogP contribution in [0.1, 0.15) is 23.9 Å². The number of benzene rings is 1. The normalized spacial score (nSPS) is 10.4. The Bertz CT molecular complexity index is 648. The summed E-state index contributed by atoms with van der Waals surface area (Å²) in [5.74, 6) is 0.429. The number of rotatable bonds is 4. The van der Waals surface area contributed by atoms with E-state index in [0.717, 1.165) is 0 Å². The molecule has 98 valence electrons. The minimum Gasteiger partial charge on any atom is -0.453 e. The first kappa shape index (κ1) is 13.3. The predicted octanol–water partition coefficient (Wildman–Crippen LogP) is 4.10. The zero-order valence-electron chi connectivity index (χ0n) is 10.1. The second-order valence-corrected chi connectivity index (χ2v) is 4.21. The number of carbonyl (C=O) groups is 1. The molecule has 0 spiro atoms. The third-order valence-corrected chi connectivity index (χ3v) is 3.04. The molecule has 0 atom stereocenters. The Morgan fingerprint density at radius 1 is 1.37 bits per heavy atom. The fourth-order valence-corrected chi connectivity index (χ4v) is 1.95. The van der Waals surface area contributed by atoms with E-state index in [2.05, 4.69) is 0 Å². The lowest BCUT2D eigenvalue weighted by molar-refractivity contribution is -0.384. The number of nitrogens with zero attached hydrogens (tertiary/aromatic N) is 1. The molecule has 0 bridgehead atoms. The molecule has 0 saturated heterocycles. The van der Waals surface area contributed by atoms with Crippen LogP contribution >= 0.6 is 11.6 Å². The fraction of sp³-hybridized carbons (Fsp3) is 0.154. The maximum absolute atomic E-state index is 11.5. The van der Waals surface area contributed by atoms with E-state index in [1.54, 1.807) is 19.1 Å². The Balaban J connectivity index is 2.48. The molecule has 2 rings (SSSR count). The lowest BCUT2D eigenvalue weighted by atomic mass is 10.1. The molecular formula is C13H10ClNO4. The number of furan rings is 1. The van der Waals surface area contributed by atoms with Crippen molar-refractivity contribution < 1.29 is 14.1 Å². The first-order chi connectivity index (χ1) is 9.04. The molecule has 0 aliphatic carbocycles. The van der Waals surface area contributed by atoms with Gasteiger partial charge < -0.3 is 4.42 Å². The maximum Gasteiger partial charge on any atom is 0.288 e. The lowest BCUT2D eigenvalue weighted by Crippen LogP contribution is -1.92. The van der Waals surface area contributed by atoms with Crippen LogP contribution in [-0.4, -0.2) is 10.7 Å². The molecule has 0 unspecified atom stereocenters. The summed E-state index contributed by atoms with van der Waals surface area (Å²) in [7, 11) is 0. The van der Waals surface area contributed by atoms with Gasteiger partial charge in [-0.25, -0.2) is 0 Å². The van der Waals surface area contributed by atoms with Gasteiger partial charge in [0.25, 0.3) is 5.69 Å². The average molecular weight is 280 g/mol. The largest absolute Gasteiger partial charge is 0.453 e. The van der Waals surface area contributed by atoms with Crippen LogP contribution in [0.3, 0.4) is 0 Å². The zero-order valence-corrected chi connectivity index (χ0v) is 10.8. The number of halogens is 1. The van der Waals surface area contributed by atoms with Crippen LogP contribution in [0.25, 0.3) is 11.3 Å². The number of carbonyl (C=O) groups excluding carboxylic acids is 1. The smallest absolute Gasteiger partial charge is 0.288 e. The van der Waals surface area contributed by atoms with Crippen molar-refractivity contribution in [3.63, 3.8) is 0 Å². The van der Waals surface area contributed by atoms with Gasteiger partial charge in [-0.1, -0.05) is 24.6 Å². The first-order valence-electron chi connectivity index (χ1n) is 5.61. The summed E-state index contributed by atoms with van der Waals surface area (Å²) < 4.78 is 5.38. The highest BCUT2D eigenvalue weighted by molar-refractivity contribution is 6.35. The number of nitro groups is 1. The van der Waals surface area contributed by atoms with Crippen molar-refractivity contribution in [3.8, 4) is 11.3 Å². The van der Waals surface area contributed by atoms with Gasteiger partial charge in [0.1, 0.15) is 10.8 Å². The van der Waals surface area contributed by atoms with E-state index < -0.39 is 4.92 Å². The monoisotopic (exact) mass is 279 g/mol. The van der Waals surface area contributed by atoms with E-state index in [4.69, 9.17) is 16.0 Å². The van der Waals surface area contributed by atoms with E-state index in [1.165, 1.54) is 18.2 Å². The minimum atomic E-state index is -0.563. The fourth-order valence-electron chi connectivity index (χ4n) is 1.66. The second kappa shape index (κ2) is 5.24. The van der Waals surface area contributed by atoms with Gasteiger partial charge in [0, 0.05) is 18.1 Å². The van der Waals surface area contributed by atoms with Crippen LogP contribution in [0, 0.1) is 10.1 Å². The van der Waals surface area contributed by atoms with Crippen LogP contribution in [0.4, 0.5) is 5.69 Å². The Morgan fingerprint density at radius 3 is 2.74 bits per heavy atom. The number of hydrogen-bond acceptors (Lipinski definition) is 4. The summed E-state index contributed by atoms with van der Waals surface area (Å²) in [5, 5.41) is 10.8. The van der Waals surface area contributed by atoms with Crippen molar-refractivity contribution >= 4 is 23.1 Å². The van der Waals surface area contributed by atoms with Gasteiger partial charge in [-0.05, 0) is 18.2 Å². The Labute approximate surface area is 113 Å². The molecule has 2 aromatic rings. The van der Waals surface area contributed by atoms with Gasteiger partial charge in [-0.2, -0.15) is 0 Å². The molecule has 5 nitrogen and oxygen atoms in total. The third-order valence-electron chi connectivity index (χ3n) is 2.64. The van der Waals surface area contributed by atoms with Crippen molar-refractivity contribution in [1.82, 2.24) is 0 Å². The van der Waals surface area contributed by atoms with Gasteiger partial charge in [0.2, 0.25) is 0 Å². The van der Waals surface area contributed by atoms with Crippen LogP contribution in [0.5, 0.6) is 0 Å². The number of hydrogen-bond donors (Lipinski definition) is 0.